The van der Waals surface area contributed by atoms with Gasteiger partial charge in [0.2, 0.25) is 11.7 Å². The lowest BCUT2D eigenvalue weighted by Crippen LogP contribution is -2.26. The van der Waals surface area contributed by atoms with E-state index in [-0.39, 0.29) is 6.61 Å². The molecule has 1 N–H and O–H groups in total. The molecule has 1 heterocycles. The van der Waals surface area contributed by atoms with E-state index in [1.165, 1.54) is 0 Å². The number of aromatic nitrogens is 2. The summed E-state index contributed by atoms with van der Waals surface area (Å²) in [6.45, 7) is 4.09. The number of hydrogen-bond acceptors (Lipinski definition) is 5. The molecule has 0 fully saturated rings. The van der Waals surface area contributed by atoms with Crippen molar-refractivity contribution in [3.05, 3.63) is 35.2 Å². The summed E-state index contributed by atoms with van der Waals surface area (Å²) < 4.78 is 5.21. The minimum atomic E-state index is 0.117. The SMILES string of the molecule is CCN(CCO)Cc1nc(-c2ccc(Cl)cc2)no1. The fraction of sp³-hybridized carbons (Fsp3) is 0.385. The van der Waals surface area contributed by atoms with E-state index in [1.54, 1.807) is 12.1 Å². The topological polar surface area (TPSA) is 62.4 Å². The van der Waals surface area contributed by atoms with Gasteiger partial charge in [-0.3, -0.25) is 4.90 Å². The van der Waals surface area contributed by atoms with Crippen molar-refractivity contribution in [1.29, 1.82) is 0 Å². The summed E-state index contributed by atoms with van der Waals surface area (Å²) in [6.07, 6.45) is 0. The van der Waals surface area contributed by atoms with Gasteiger partial charge in [0.25, 0.3) is 0 Å². The second-order valence-corrected chi connectivity index (χ2v) is 4.55. The van der Waals surface area contributed by atoms with Crippen LogP contribution in [0.5, 0.6) is 0 Å². The molecule has 0 radical (unpaired) electrons. The first kappa shape index (κ1) is 14.0. The van der Waals surface area contributed by atoms with Gasteiger partial charge in [-0.15, -0.1) is 0 Å². The lowest BCUT2D eigenvalue weighted by molar-refractivity contribution is 0.180. The maximum atomic E-state index is 8.93. The van der Waals surface area contributed by atoms with Crippen LogP contribution in [0, 0.1) is 0 Å². The normalized spacial score (nSPS) is 11.2. The van der Waals surface area contributed by atoms with Crippen LogP contribution in [-0.4, -0.2) is 39.8 Å². The molecule has 0 amide bonds. The molecule has 6 heteroatoms. The molecule has 102 valence electrons. The third kappa shape index (κ3) is 3.76. The maximum Gasteiger partial charge on any atom is 0.241 e. The van der Waals surface area contributed by atoms with Gasteiger partial charge in [-0.25, -0.2) is 0 Å². The molecule has 2 aromatic rings. The zero-order valence-corrected chi connectivity index (χ0v) is 11.5. The molecule has 0 aliphatic rings. The lowest BCUT2D eigenvalue weighted by Gasteiger charge is -2.15. The van der Waals surface area contributed by atoms with Gasteiger partial charge >= 0.3 is 0 Å². The molecule has 1 aromatic carbocycles. The third-order valence-corrected chi connectivity index (χ3v) is 3.04. The Morgan fingerprint density at radius 3 is 2.68 bits per heavy atom. The Kier molecular flexibility index (Phi) is 4.90. The number of hydrogen-bond donors (Lipinski definition) is 1. The standard InChI is InChI=1S/C13H16ClN3O2/c1-2-17(7-8-18)9-12-15-13(16-19-12)10-3-5-11(14)6-4-10/h3-6,18H,2,7-9H2,1H3. The van der Waals surface area contributed by atoms with Gasteiger partial charge in [-0.2, -0.15) is 4.98 Å². The fourth-order valence-corrected chi connectivity index (χ4v) is 1.84. The first-order valence-corrected chi connectivity index (χ1v) is 6.52. The van der Waals surface area contributed by atoms with E-state index >= 15 is 0 Å². The molecule has 0 saturated carbocycles. The van der Waals surface area contributed by atoms with Crippen LogP contribution < -0.4 is 0 Å². The Labute approximate surface area is 116 Å². The molecular weight excluding hydrogens is 266 g/mol. The smallest absolute Gasteiger partial charge is 0.241 e. The Bertz CT molecular complexity index is 513. The summed E-state index contributed by atoms with van der Waals surface area (Å²) in [4.78, 5) is 6.36. The first-order chi connectivity index (χ1) is 9.22. The Balaban J connectivity index is 2.08. The van der Waals surface area contributed by atoms with E-state index in [9.17, 15) is 0 Å². The van der Waals surface area contributed by atoms with Crippen LogP contribution in [0.1, 0.15) is 12.8 Å². The number of halogens is 1. The largest absolute Gasteiger partial charge is 0.395 e. The molecule has 1 aromatic heterocycles. The number of aliphatic hydroxyl groups excluding tert-OH is 1. The molecular formula is C13H16ClN3O2. The fourth-order valence-electron chi connectivity index (χ4n) is 1.72. The van der Waals surface area contributed by atoms with Crippen LogP contribution in [0.25, 0.3) is 11.4 Å². The predicted molar refractivity (Wildman–Crippen MR) is 72.8 cm³/mol. The molecule has 0 unspecified atom stereocenters. The summed E-state index contributed by atoms with van der Waals surface area (Å²) in [6, 6.07) is 7.28. The molecule has 0 bridgehead atoms. The molecule has 0 saturated heterocycles. The van der Waals surface area contributed by atoms with Gasteiger partial charge < -0.3 is 9.63 Å². The van der Waals surface area contributed by atoms with Crippen molar-refractivity contribution in [3.8, 4) is 11.4 Å². The number of aliphatic hydroxyl groups is 1. The lowest BCUT2D eigenvalue weighted by atomic mass is 10.2. The van der Waals surface area contributed by atoms with Crippen molar-refractivity contribution < 1.29 is 9.63 Å². The predicted octanol–water partition coefficient (Wildman–Crippen LogP) is 2.20. The number of nitrogens with zero attached hydrogens (tertiary/aromatic N) is 3. The summed E-state index contributed by atoms with van der Waals surface area (Å²) >= 11 is 5.83. The van der Waals surface area contributed by atoms with Gasteiger partial charge in [0.1, 0.15) is 0 Å². The zero-order chi connectivity index (χ0) is 13.7. The molecule has 19 heavy (non-hydrogen) atoms. The molecule has 0 spiro atoms. The zero-order valence-electron chi connectivity index (χ0n) is 10.7. The van der Waals surface area contributed by atoms with Gasteiger partial charge in [0, 0.05) is 17.1 Å². The number of rotatable bonds is 6. The van der Waals surface area contributed by atoms with Crippen molar-refractivity contribution in [2.75, 3.05) is 19.7 Å². The first-order valence-electron chi connectivity index (χ1n) is 6.14. The Morgan fingerprint density at radius 1 is 1.32 bits per heavy atom. The van der Waals surface area contributed by atoms with Crippen molar-refractivity contribution in [2.24, 2.45) is 0 Å². The van der Waals surface area contributed by atoms with Gasteiger partial charge in [0.05, 0.1) is 13.2 Å². The van der Waals surface area contributed by atoms with Crippen molar-refractivity contribution in [1.82, 2.24) is 15.0 Å². The highest BCUT2D eigenvalue weighted by atomic mass is 35.5. The van der Waals surface area contributed by atoms with E-state index in [0.29, 0.717) is 29.8 Å². The second-order valence-electron chi connectivity index (χ2n) is 4.11. The average molecular weight is 282 g/mol. The van der Waals surface area contributed by atoms with Crippen LogP contribution in [0.2, 0.25) is 5.02 Å². The molecule has 2 rings (SSSR count). The minimum absolute atomic E-state index is 0.117. The molecule has 0 atom stereocenters. The van der Waals surface area contributed by atoms with Crippen LogP contribution in [0.3, 0.4) is 0 Å². The summed E-state index contributed by atoms with van der Waals surface area (Å²) in [7, 11) is 0. The molecule has 0 aliphatic heterocycles. The Morgan fingerprint density at radius 2 is 2.05 bits per heavy atom. The van der Waals surface area contributed by atoms with Crippen molar-refractivity contribution in [2.45, 2.75) is 13.5 Å². The maximum absolute atomic E-state index is 8.93. The van der Waals surface area contributed by atoms with Gasteiger partial charge in [-0.1, -0.05) is 23.7 Å². The third-order valence-electron chi connectivity index (χ3n) is 2.79. The van der Waals surface area contributed by atoms with Crippen LogP contribution in [-0.2, 0) is 6.54 Å². The van der Waals surface area contributed by atoms with E-state index in [1.807, 2.05) is 24.0 Å². The Hall–Kier alpha value is -1.43. The van der Waals surface area contributed by atoms with Gasteiger partial charge in [-0.05, 0) is 30.8 Å². The molecule has 0 aliphatic carbocycles. The molecule has 5 nitrogen and oxygen atoms in total. The summed E-state index contributed by atoms with van der Waals surface area (Å²) in [5.74, 6) is 1.09. The monoisotopic (exact) mass is 281 g/mol. The second kappa shape index (κ2) is 6.65. The summed E-state index contributed by atoms with van der Waals surface area (Å²) in [5, 5.41) is 13.6. The highest BCUT2D eigenvalue weighted by Crippen LogP contribution is 2.18. The quantitative estimate of drug-likeness (QED) is 0.879. The minimum Gasteiger partial charge on any atom is -0.395 e. The van der Waals surface area contributed by atoms with Crippen LogP contribution >= 0.6 is 11.6 Å². The van der Waals surface area contributed by atoms with E-state index in [4.69, 9.17) is 21.2 Å². The van der Waals surface area contributed by atoms with E-state index < -0.39 is 0 Å². The van der Waals surface area contributed by atoms with Crippen molar-refractivity contribution >= 4 is 11.6 Å². The van der Waals surface area contributed by atoms with Crippen molar-refractivity contribution in [3.63, 3.8) is 0 Å². The van der Waals surface area contributed by atoms with Crippen LogP contribution in [0.15, 0.2) is 28.8 Å². The van der Waals surface area contributed by atoms with E-state index in [0.717, 1.165) is 12.1 Å². The van der Waals surface area contributed by atoms with E-state index in [2.05, 4.69) is 10.1 Å². The van der Waals surface area contributed by atoms with Crippen LogP contribution in [0.4, 0.5) is 0 Å². The van der Waals surface area contributed by atoms with Gasteiger partial charge in [0.15, 0.2) is 0 Å². The highest BCUT2D eigenvalue weighted by molar-refractivity contribution is 6.30. The average Bonchev–Trinajstić information content (AvgIpc) is 2.87. The summed E-state index contributed by atoms with van der Waals surface area (Å²) in [5.41, 5.74) is 0.865. The highest BCUT2D eigenvalue weighted by Gasteiger charge is 2.11. The number of benzene rings is 1. The number of likely N-dealkylation sites (N-methyl/N-ethyl adjacent to an activating group) is 1.